The number of hydrogen-bond acceptors (Lipinski definition) is 2. The fraction of sp³-hybridized carbons (Fsp3) is 0.357. The van der Waals surface area contributed by atoms with Crippen LogP contribution in [-0.4, -0.2) is 9.78 Å². The second-order valence-electron chi connectivity index (χ2n) is 5.12. The van der Waals surface area contributed by atoms with Crippen molar-refractivity contribution in [3.8, 4) is 11.3 Å². The molecule has 3 rings (SSSR count). The highest BCUT2D eigenvalue weighted by molar-refractivity contribution is 6.42. The van der Waals surface area contributed by atoms with Crippen molar-refractivity contribution in [1.29, 1.82) is 0 Å². The topological polar surface area (TPSA) is 43.8 Å². The summed E-state index contributed by atoms with van der Waals surface area (Å²) in [5.41, 5.74) is 8.40. The maximum absolute atomic E-state index is 6.06. The summed E-state index contributed by atoms with van der Waals surface area (Å²) in [4.78, 5) is 0. The van der Waals surface area contributed by atoms with E-state index in [1.807, 2.05) is 16.9 Å². The molecule has 1 fully saturated rings. The van der Waals surface area contributed by atoms with Crippen LogP contribution in [0.3, 0.4) is 0 Å². The van der Waals surface area contributed by atoms with Crippen LogP contribution in [0.5, 0.6) is 0 Å². The number of nitrogens with two attached hydrogens (primary N) is 1. The van der Waals surface area contributed by atoms with Gasteiger partial charge in [-0.2, -0.15) is 5.10 Å². The summed E-state index contributed by atoms with van der Waals surface area (Å²) in [5.74, 6) is 0.737. The minimum Gasteiger partial charge on any atom is -0.396 e. The van der Waals surface area contributed by atoms with Crippen molar-refractivity contribution in [3.63, 3.8) is 0 Å². The van der Waals surface area contributed by atoms with Gasteiger partial charge in [-0.05, 0) is 37.8 Å². The molecule has 100 valence electrons. The predicted molar refractivity (Wildman–Crippen MR) is 79.5 cm³/mol. The van der Waals surface area contributed by atoms with Crippen LogP contribution in [0.15, 0.2) is 24.4 Å². The number of nitrogens with zero attached hydrogens (tertiary/aromatic N) is 2. The first-order chi connectivity index (χ1) is 9.06. The van der Waals surface area contributed by atoms with Crippen molar-refractivity contribution >= 4 is 28.9 Å². The van der Waals surface area contributed by atoms with Gasteiger partial charge < -0.3 is 5.73 Å². The molecule has 1 aliphatic carbocycles. The van der Waals surface area contributed by atoms with Crippen LogP contribution in [-0.2, 0) is 0 Å². The van der Waals surface area contributed by atoms with E-state index in [2.05, 4.69) is 12.0 Å². The molecule has 0 amide bonds. The van der Waals surface area contributed by atoms with Gasteiger partial charge in [-0.3, -0.25) is 4.68 Å². The summed E-state index contributed by atoms with van der Waals surface area (Å²) < 4.78 is 1.96. The predicted octanol–water partition coefficient (Wildman–Crippen LogP) is 4.41. The van der Waals surface area contributed by atoms with Crippen LogP contribution >= 0.6 is 23.2 Å². The van der Waals surface area contributed by atoms with E-state index in [1.165, 1.54) is 12.8 Å². The van der Waals surface area contributed by atoms with Crippen LogP contribution in [0.2, 0.25) is 10.0 Å². The van der Waals surface area contributed by atoms with Gasteiger partial charge in [0.1, 0.15) is 5.69 Å². The van der Waals surface area contributed by atoms with E-state index in [1.54, 1.807) is 12.1 Å². The van der Waals surface area contributed by atoms with Crippen molar-refractivity contribution in [1.82, 2.24) is 9.78 Å². The Morgan fingerprint density at radius 3 is 2.68 bits per heavy atom. The second-order valence-corrected chi connectivity index (χ2v) is 5.93. The molecule has 5 heteroatoms. The highest BCUT2D eigenvalue weighted by Crippen LogP contribution is 2.40. The minimum absolute atomic E-state index is 0.402. The van der Waals surface area contributed by atoms with Gasteiger partial charge >= 0.3 is 0 Å². The second kappa shape index (κ2) is 4.73. The molecule has 1 aliphatic rings. The molecule has 0 spiro atoms. The highest BCUT2D eigenvalue weighted by Gasteiger charge is 2.30. The number of halogens is 2. The largest absolute Gasteiger partial charge is 0.396 e. The summed E-state index contributed by atoms with van der Waals surface area (Å²) in [6.07, 6.45) is 4.47. The molecule has 0 bridgehead atoms. The van der Waals surface area contributed by atoms with Gasteiger partial charge in [0.2, 0.25) is 0 Å². The lowest BCUT2D eigenvalue weighted by Gasteiger charge is -2.09. The Hall–Kier alpha value is -1.19. The summed E-state index contributed by atoms with van der Waals surface area (Å²) in [6.45, 7) is 2.18. The first kappa shape index (κ1) is 12.8. The monoisotopic (exact) mass is 295 g/mol. The average Bonchev–Trinajstić information content (AvgIpc) is 3.15. The SMILES string of the molecule is CC(C1CC1)n1cc(N)c(-c2ccc(Cl)c(Cl)c2)n1. The van der Waals surface area contributed by atoms with Gasteiger partial charge in [0.05, 0.1) is 21.8 Å². The van der Waals surface area contributed by atoms with Gasteiger partial charge in [-0.15, -0.1) is 0 Å². The van der Waals surface area contributed by atoms with Crippen molar-refractivity contribution < 1.29 is 0 Å². The molecule has 1 saturated carbocycles. The lowest BCUT2D eigenvalue weighted by atomic mass is 10.1. The lowest BCUT2D eigenvalue weighted by Crippen LogP contribution is -2.07. The quantitative estimate of drug-likeness (QED) is 0.911. The highest BCUT2D eigenvalue weighted by atomic mass is 35.5. The van der Waals surface area contributed by atoms with Crippen LogP contribution in [0.4, 0.5) is 5.69 Å². The summed E-state index contributed by atoms with van der Waals surface area (Å²) >= 11 is 12.0. The van der Waals surface area contributed by atoms with E-state index in [0.29, 0.717) is 21.8 Å². The minimum atomic E-state index is 0.402. The van der Waals surface area contributed by atoms with E-state index >= 15 is 0 Å². The van der Waals surface area contributed by atoms with Crippen LogP contribution in [0.25, 0.3) is 11.3 Å². The van der Waals surface area contributed by atoms with E-state index in [9.17, 15) is 0 Å². The Kier molecular flexibility index (Phi) is 3.19. The first-order valence-electron chi connectivity index (χ1n) is 6.36. The number of aromatic nitrogens is 2. The summed E-state index contributed by atoms with van der Waals surface area (Å²) in [6, 6.07) is 5.86. The van der Waals surface area contributed by atoms with Crippen molar-refractivity contribution in [2.24, 2.45) is 5.92 Å². The average molecular weight is 296 g/mol. The standard InChI is InChI=1S/C14H15Cl2N3/c1-8(9-2-3-9)19-7-13(17)14(18-19)10-4-5-11(15)12(16)6-10/h4-9H,2-3,17H2,1H3. The molecule has 1 heterocycles. The zero-order valence-corrected chi connectivity index (χ0v) is 12.1. The Labute approximate surface area is 122 Å². The fourth-order valence-electron chi connectivity index (χ4n) is 2.28. The maximum Gasteiger partial charge on any atom is 0.115 e. The summed E-state index contributed by atoms with van der Waals surface area (Å²) in [5, 5.41) is 5.66. The van der Waals surface area contributed by atoms with Crippen molar-refractivity contribution in [3.05, 3.63) is 34.4 Å². The Morgan fingerprint density at radius 2 is 2.05 bits per heavy atom. The third-order valence-corrected chi connectivity index (χ3v) is 4.41. The van der Waals surface area contributed by atoms with Gasteiger partial charge in [0.15, 0.2) is 0 Å². The third kappa shape index (κ3) is 2.45. The van der Waals surface area contributed by atoms with Gasteiger partial charge in [-0.25, -0.2) is 0 Å². The zero-order chi connectivity index (χ0) is 13.6. The van der Waals surface area contributed by atoms with Crippen LogP contribution < -0.4 is 5.73 Å². The van der Waals surface area contributed by atoms with Crippen LogP contribution in [0, 0.1) is 5.92 Å². The Bertz CT molecular complexity index is 617. The number of benzene rings is 1. The molecule has 0 saturated heterocycles. The molecule has 2 aromatic rings. The molecular formula is C14H15Cl2N3. The van der Waals surface area contributed by atoms with Crippen LogP contribution in [0.1, 0.15) is 25.8 Å². The van der Waals surface area contributed by atoms with Crippen molar-refractivity contribution in [2.45, 2.75) is 25.8 Å². The third-order valence-electron chi connectivity index (χ3n) is 3.67. The molecule has 1 aromatic carbocycles. The lowest BCUT2D eigenvalue weighted by molar-refractivity contribution is 0.441. The van der Waals surface area contributed by atoms with E-state index in [4.69, 9.17) is 28.9 Å². The Morgan fingerprint density at radius 1 is 1.32 bits per heavy atom. The van der Waals surface area contributed by atoms with E-state index in [0.717, 1.165) is 17.2 Å². The van der Waals surface area contributed by atoms with E-state index in [-0.39, 0.29) is 0 Å². The van der Waals surface area contributed by atoms with E-state index < -0.39 is 0 Å². The molecule has 19 heavy (non-hydrogen) atoms. The number of anilines is 1. The smallest absolute Gasteiger partial charge is 0.115 e. The summed E-state index contributed by atoms with van der Waals surface area (Å²) in [7, 11) is 0. The zero-order valence-electron chi connectivity index (χ0n) is 10.6. The number of rotatable bonds is 3. The molecule has 1 aromatic heterocycles. The maximum atomic E-state index is 6.06. The van der Waals surface area contributed by atoms with Gasteiger partial charge in [0, 0.05) is 11.8 Å². The molecular weight excluding hydrogens is 281 g/mol. The molecule has 1 unspecified atom stereocenters. The van der Waals surface area contributed by atoms with Gasteiger partial charge in [0.25, 0.3) is 0 Å². The fourth-order valence-corrected chi connectivity index (χ4v) is 2.57. The van der Waals surface area contributed by atoms with Gasteiger partial charge in [-0.1, -0.05) is 29.3 Å². The molecule has 3 nitrogen and oxygen atoms in total. The first-order valence-corrected chi connectivity index (χ1v) is 7.12. The normalized spacial score (nSPS) is 16.6. The molecule has 1 atom stereocenters. The number of hydrogen-bond donors (Lipinski definition) is 1. The Balaban J connectivity index is 1.97. The number of nitrogen functional groups attached to an aromatic ring is 1. The molecule has 0 radical (unpaired) electrons. The van der Waals surface area contributed by atoms with Crippen molar-refractivity contribution in [2.75, 3.05) is 5.73 Å². The molecule has 2 N–H and O–H groups in total. The molecule has 0 aliphatic heterocycles.